The van der Waals surface area contributed by atoms with Crippen molar-refractivity contribution in [1.29, 1.82) is 0 Å². The lowest BCUT2D eigenvalue weighted by molar-refractivity contribution is 0.104. The lowest BCUT2D eigenvalue weighted by Crippen LogP contribution is -1.99. The number of allylic oxidation sites excluding steroid dienone is 1. The Balaban J connectivity index is 2.31. The Morgan fingerprint density at radius 1 is 1.07 bits per heavy atom. The Hall–Kier alpha value is -3.15. The molecule has 0 atom stereocenters. The van der Waals surface area contributed by atoms with E-state index in [-0.39, 0.29) is 34.3 Å². The molecule has 4 N–H and O–H groups in total. The van der Waals surface area contributed by atoms with Crippen molar-refractivity contribution in [2.75, 3.05) is 7.11 Å². The number of ketones is 1. The zero-order chi connectivity index (χ0) is 20.1. The number of aryl methyl sites for hydroxylation is 1. The van der Waals surface area contributed by atoms with E-state index in [2.05, 4.69) is 13.8 Å². The first-order chi connectivity index (χ1) is 12.7. The highest BCUT2D eigenvalue weighted by Crippen LogP contribution is 2.38. The van der Waals surface area contributed by atoms with E-state index in [9.17, 15) is 25.2 Å². The van der Waals surface area contributed by atoms with Gasteiger partial charge in [-0.1, -0.05) is 13.8 Å². The fourth-order valence-corrected chi connectivity index (χ4v) is 2.64. The van der Waals surface area contributed by atoms with E-state index in [0.717, 1.165) is 6.42 Å². The summed E-state index contributed by atoms with van der Waals surface area (Å²) < 4.78 is 5.06. The van der Waals surface area contributed by atoms with Crippen molar-refractivity contribution < 1.29 is 30.0 Å². The SMILES string of the molecule is COc1c(/C=C/C(=O)c2cc(O)c(O)c(CCC(C)C)c2)ccc(O)c1O. The molecule has 6 nitrogen and oxygen atoms in total. The Labute approximate surface area is 158 Å². The largest absolute Gasteiger partial charge is 0.504 e. The second-order valence-corrected chi connectivity index (χ2v) is 6.69. The standard InChI is InChI=1S/C21H24O6/c1-12(2)4-5-14-10-15(11-18(24)19(14)25)16(22)8-6-13-7-9-17(23)20(26)21(13)27-3/h6-12,23-26H,4-5H2,1-3H3/b8-6+. The Morgan fingerprint density at radius 3 is 2.41 bits per heavy atom. The van der Waals surface area contributed by atoms with Crippen LogP contribution in [0, 0.1) is 5.92 Å². The molecule has 0 aliphatic heterocycles. The van der Waals surface area contributed by atoms with Crippen molar-refractivity contribution in [1.82, 2.24) is 0 Å². The third kappa shape index (κ3) is 4.73. The number of phenols is 4. The molecule has 2 aromatic rings. The average molecular weight is 372 g/mol. The molecular weight excluding hydrogens is 348 g/mol. The van der Waals surface area contributed by atoms with E-state index in [1.54, 1.807) is 6.07 Å². The van der Waals surface area contributed by atoms with Gasteiger partial charge in [-0.25, -0.2) is 0 Å². The summed E-state index contributed by atoms with van der Waals surface area (Å²) >= 11 is 0. The minimum absolute atomic E-state index is 0.0465. The molecule has 2 aromatic carbocycles. The van der Waals surface area contributed by atoms with Crippen LogP contribution in [0.15, 0.2) is 30.3 Å². The number of rotatable bonds is 7. The maximum Gasteiger partial charge on any atom is 0.201 e. The van der Waals surface area contributed by atoms with Crippen LogP contribution >= 0.6 is 0 Å². The molecule has 0 bridgehead atoms. The van der Waals surface area contributed by atoms with E-state index in [1.165, 1.54) is 37.5 Å². The zero-order valence-corrected chi connectivity index (χ0v) is 15.6. The van der Waals surface area contributed by atoms with E-state index >= 15 is 0 Å². The number of hydrogen-bond donors (Lipinski definition) is 4. The van der Waals surface area contributed by atoms with Crippen molar-refractivity contribution in [2.45, 2.75) is 26.7 Å². The minimum Gasteiger partial charge on any atom is -0.504 e. The molecule has 0 spiro atoms. The van der Waals surface area contributed by atoms with Gasteiger partial charge in [-0.2, -0.15) is 0 Å². The molecule has 27 heavy (non-hydrogen) atoms. The minimum atomic E-state index is -0.412. The molecule has 0 radical (unpaired) electrons. The first kappa shape index (κ1) is 20.2. The molecule has 0 unspecified atom stereocenters. The van der Waals surface area contributed by atoms with Gasteiger partial charge in [-0.3, -0.25) is 4.79 Å². The second kappa shape index (κ2) is 8.49. The Kier molecular flexibility index (Phi) is 6.34. The molecule has 0 aliphatic rings. The predicted molar refractivity (Wildman–Crippen MR) is 103 cm³/mol. The van der Waals surface area contributed by atoms with Crippen LogP contribution < -0.4 is 4.74 Å². The maximum absolute atomic E-state index is 12.5. The summed E-state index contributed by atoms with van der Waals surface area (Å²) in [7, 11) is 1.34. The Bertz CT molecular complexity index is 867. The number of aromatic hydroxyl groups is 4. The third-order valence-corrected chi connectivity index (χ3v) is 4.20. The fraction of sp³-hybridized carbons (Fsp3) is 0.286. The van der Waals surface area contributed by atoms with Crippen LogP contribution in [0.2, 0.25) is 0 Å². The summed E-state index contributed by atoms with van der Waals surface area (Å²) in [4.78, 5) is 12.5. The van der Waals surface area contributed by atoms with E-state index in [0.29, 0.717) is 23.5 Å². The summed E-state index contributed by atoms with van der Waals surface area (Å²) in [6.07, 6.45) is 4.07. The summed E-state index contributed by atoms with van der Waals surface area (Å²) in [5.74, 6) is -1.20. The number of methoxy groups -OCH3 is 1. The summed E-state index contributed by atoms with van der Waals surface area (Å²) in [5.41, 5.74) is 1.16. The van der Waals surface area contributed by atoms with Gasteiger partial charge >= 0.3 is 0 Å². The first-order valence-electron chi connectivity index (χ1n) is 8.60. The highest BCUT2D eigenvalue weighted by molar-refractivity contribution is 6.07. The van der Waals surface area contributed by atoms with Crippen LogP contribution in [0.25, 0.3) is 6.08 Å². The highest BCUT2D eigenvalue weighted by atomic mass is 16.5. The van der Waals surface area contributed by atoms with Crippen LogP contribution in [0.3, 0.4) is 0 Å². The number of carbonyl (C=O) groups is 1. The van der Waals surface area contributed by atoms with Crippen LogP contribution in [0.5, 0.6) is 28.7 Å². The molecular formula is C21H24O6. The molecule has 2 rings (SSSR count). The van der Waals surface area contributed by atoms with Crippen molar-refractivity contribution in [3.05, 3.63) is 47.0 Å². The molecule has 0 aliphatic carbocycles. The normalized spacial score (nSPS) is 11.3. The monoisotopic (exact) mass is 372 g/mol. The summed E-state index contributed by atoms with van der Waals surface area (Å²) in [6, 6.07) is 5.57. The van der Waals surface area contributed by atoms with Crippen molar-refractivity contribution >= 4 is 11.9 Å². The van der Waals surface area contributed by atoms with Gasteiger partial charge in [0.15, 0.2) is 28.8 Å². The van der Waals surface area contributed by atoms with Gasteiger partial charge in [0.2, 0.25) is 5.75 Å². The Morgan fingerprint density at radius 2 is 1.78 bits per heavy atom. The quantitative estimate of drug-likeness (QED) is 0.332. The molecule has 0 amide bonds. The van der Waals surface area contributed by atoms with Crippen LogP contribution in [-0.4, -0.2) is 33.3 Å². The topological polar surface area (TPSA) is 107 Å². The van der Waals surface area contributed by atoms with Crippen LogP contribution in [0.1, 0.15) is 41.8 Å². The van der Waals surface area contributed by atoms with E-state index in [4.69, 9.17) is 4.74 Å². The number of benzene rings is 2. The number of hydrogen-bond acceptors (Lipinski definition) is 6. The second-order valence-electron chi connectivity index (χ2n) is 6.69. The van der Waals surface area contributed by atoms with Gasteiger partial charge in [0.25, 0.3) is 0 Å². The summed E-state index contributed by atoms with van der Waals surface area (Å²) in [6.45, 7) is 4.10. The molecule has 0 saturated heterocycles. The van der Waals surface area contributed by atoms with Crippen LogP contribution in [0.4, 0.5) is 0 Å². The zero-order valence-electron chi connectivity index (χ0n) is 15.6. The van der Waals surface area contributed by atoms with E-state index < -0.39 is 5.75 Å². The lowest BCUT2D eigenvalue weighted by atomic mass is 9.98. The van der Waals surface area contributed by atoms with Gasteiger partial charge in [0.05, 0.1) is 7.11 Å². The molecule has 6 heteroatoms. The summed E-state index contributed by atoms with van der Waals surface area (Å²) in [5, 5.41) is 39.3. The third-order valence-electron chi connectivity index (χ3n) is 4.20. The average Bonchev–Trinajstić information content (AvgIpc) is 2.63. The van der Waals surface area contributed by atoms with Crippen LogP contribution in [-0.2, 0) is 6.42 Å². The van der Waals surface area contributed by atoms with Crippen molar-refractivity contribution in [3.63, 3.8) is 0 Å². The predicted octanol–water partition coefficient (Wildman–Crippen LogP) is 4.00. The van der Waals surface area contributed by atoms with Gasteiger partial charge in [0.1, 0.15) is 0 Å². The smallest absolute Gasteiger partial charge is 0.201 e. The van der Waals surface area contributed by atoms with Gasteiger partial charge in [-0.05, 0) is 60.7 Å². The fourth-order valence-electron chi connectivity index (χ4n) is 2.64. The maximum atomic E-state index is 12.5. The molecule has 0 aromatic heterocycles. The van der Waals surface area contributed by atoms with Gasteiger partial charge in [-0.15, -0.1) is 0 Å². The molecule has 0 fully saturated rings. The number of phenolic OH excluding ortho intramolecular Hbond substituents is 4. The molecule has 144 valence electrons. The lowest BCUT2D eigenvalue weighted by Gasteiger charge is -2.10. The number of carbonyl (C=O) groups excluding carboxylic acids is 1. The van der Waals surface area contributed by atoms with Gasteiger partial charge < -0.3 is 25.2 Å². The van der Waals surface area contributed by atoms with Crippen molar-refractivity contribution in [2.24, 2.45) is 5.92 Å². The highest BCUT2D eigenvalue weighted by Gasteiger charge is 2.14. The first-order valence-corrected chi connectivity index (χ1v) is 8.60. The molecule has 0 saturated carbocycles. The van der Waals surface area contributed by atoms with E-state index in [1.807, 2.05) is 0 Å². The number of ether oxygens (including phenoxy) is 1. The van der Waals surface area contributed by atoms with Crippen molar-refractivity contribution in [3.8, 4) is 28.7 Å². The van der Waals surface area contributed by atoms with Gasteiger partial charge in [0, 0.05) is 11.1 Å². The molecule has 0 heterocycles.